The van der Waals surface area contributed by atoms with Crippen molar-refractivity contribution in [3.05, 3.63) is 30.1 Å². The number of pyridine rings is 1. The monoisotopic (exact) mass is 287 g/mol. The zero-order chi connectivity index (χ0) is 14.3. The first kappa shape index (κ1) is 15.0. The van der Waals surface area contributed by atoms with Crippen LogP contribution in [0.1, 0.15) is 44.2 Å². The normalized spacial score (nSPS) is 25.6. The van der Waals surface area contributed by atoms with E-state index >= 15 is 0 Å². The van der Waals surface area contributed by atoms with Gasteiger partial charge in [-0.2, -0.15) is 0 Å². The first-order valence-corrected chi connectivity index (χ1v) is 8.77. The summed E-state index contributed by atoms with van der Waals surface area (Å²) in [5.41, 5.74) is 1.23. The molecule has 1 aliphatic carbocycles. The number of hydrogen-bond acceptors (Lipinski definition) is 3. The van der Waals surface area contributed by atoms with Gasteiger partial charge in [-0.1, -0.05) is 25.3 Å². The highest BCUT2D eigenvalue weighted by molar-refractivity contribution is 5.03. The smallest absolute Gasteiger partial charge is 0.0416 e. The summed E-state index contributed by atoms with van der Waals surface area (Å²) in [4.78, 5) is 7.11. The topological polar surface area (TPSA) is 28.2 Å². The van der Waals surface area contributed by atoms with Crippen molar-refractivity contribution >= 4 is 0 Å². The van der Waals surface area contributed by atoms with Gasteiger partial charge in [0.15, 0.2) is 0 Å². The minimum atomic E-state index is 0.719. The molecule has 1 aromatic heterocycles. The van der Waals surface area contributed by atoms with E-state index in [1.165, 1.54) is 63.9 Å². The lowest BCUT2D eigenvalue weighted by molar-refractivity contribution is 0.207. The Morgan fingerprint density at radius 1 is 1.14 bits per heavy atom. The van der Waals surface area contributed by atoms with Gasteiger partial charge in [-0.05, 0) is 50.4 Å². The van der Waals surface area contributed by atoms with Crippen LogP contribution in [-0.4, -0.2) is 42.1 Å². The third-order valence-corrected chi connectivity index (χ3v) is 5.14. The zero-order valence-electron chi connectivity index (χ0n) is 13.1. The molecule has 1 atom stereocenters. The lowest BCUT2D eigenvalue weighted by atomic mass is 9.83. The van der Waals surface area contributed by atoms with E-state index in [1.54, 1.807) is 0 Å². The fourth-order valence-electron chi connectivity index (χ4n) is 3.90. The minimum Gasteiger partial charge on any atom is -0.312 e. The van der Waals surface area contributed by atoms with Gasteiger partial charge in [0.1, 0.15) is 0 Å². The third-order valence-electron chi connectivity index (χ3n) is 5.14. The molecule has 1 unspecified atom stereocenters. The molecule has 1 aliphatic heterocycles. The van der Waals surface area contributed by atoms with Gasteiger partial charge in [-0.25, -0.2) is 0 Å². The first-order valence-electron chi connectivity index (χ1n) is 8.77. The molecule has 0 radical (unpaired) electrons. The largest absolute Gasteiger partial charge is 0.312 e. The highest BCUT2D eigenvalue weighted by Crippen LogP contribution is 2.27. The molecule has 3 rings (SSSR count). The van der Waals surface area contributed by atoms with Crippen LogP contribution in [-0.2, 0) is 6.42 Å². The van der Waals surface area contributed by atoms with Crippen molar-refractivity contribution in [3.8, 4) is 0 Å². The molecule has 2 heterocycles. The fraction of sp³-hybridized carbons (Fsp3) is 0.722. The molecular weight excluding hydrogens is 258 g/mol. The Morgan fingerprint density at radius 3 is 2.86 bits per heavy atom. The summed E-state index contributed by atoms with van der Waals surface area (Å²) in [6.45, 7) is 4.82. The van der Waals surface area contributed by atoms with Gasteiger partial charge in [-0.15, -0.1) is 0 Å². The Kier molecular flexibility index (Phi) is 5.64. The highest BCUT2D eigenvalue weighted by Gasteiger charge is 2.26. The third kappa shape index (κ3) is 4.52. The van der Waals surface area contributed by atoms with E-state index in [2.05, 4.69) is 27.3 Å². The van der Waals surface area contributed by atoms with E-state index in [1.807, 2.05) is 12.3 Å². The van der Waals surface area contributed by atoms with Crippen molar-refractivity contribution in [1.82, 2.24) is 15.2 Å². The van der Waals surface area contributed by atoms with Gasteiger partial charge in [-0.3, -0.25) is 4.98 Å². The number of nitrogens with one attached hydrogen (secondary N) is 1. The molecule has 2 fully saturated rings. The van der Waals surface area contributed by atoms with E-state index in [0.717, 1.165) is 24.9 Å². The maximum Gasteiger partial charge on any atom is 0.0416 e. The number of rotatable bonds is 4. The average molecular weight is 287 g/mol. The van der Waals surface area contributed by atoms with E-state index in [9.17, 15) is 0 Å². The molecule has 3 nitrogen and oxygen atoms in total. The molecular formula is C18H29N3. The van der Waals surface area contributed by atoms with E-state index < -0.39 is 0 Å². The molecule has 0 spiro atoms. The van der Waals surface area contributed by atoms with E-state index in [0.29, 0.717) is 0 Å². The van der Waals surface area contributed by atoms with Gasteiger partial charge in [0.25, 0.3) is 0 Å². The molecule has 2 aliphatic rings. The summed E-state index contributed by atoms with van der Waals surface area (Å²) in [6, 6.07) is 6.96. The zero-order valence-corrected chi connectivity index (χ0v) is 13.1. The molecule has 1 saturated carbocycles. The average Bonchev–Trinajstić information content (AvgIpc) is 2.80. The predicted molar refractivity (Wildman–Crippen MR) is 87.4 cm³/mol. The van der Waals surface area contributed by atoms with Crippen LogP contribution in [0.5, 0.6) is 0 Å². The standard InChI is InChI=1S/C18H29N3/c1-2-7-16(8-3-1)18-15-21(13-6-12-20-18)14-10-17-9-4-5-11-19-17/h4-5,9,11,16,18,20H,1-3,6-8,10,12-15H2. The van der Waals surface area contributed by atoms with Crippen molar-refractivity contribution in [2.45, 2.75) is 51.0 Å². The van der Waals surface area contributed by atoms with Crippen LogP contribution in [0.2, 0.25) is 0 Å². The Bertz CT molecular complexity index is 400. The Morgan fingerprint density at radius 2 is 2.05 bits per heavy atom. The van der Waals surface area contributed by atoms with Crippen molar-refractivity contribution in [2.24, 2.45) is 5.92 Å². The van der Waals surface area contributed by atoms with Crippen LogP contribution >= 0.6 is 0 Å². The van der Waals surface area contributed by atoms with Crippen molar-refractivity contribution in [2.75, 3.05) is 26.2 Å². The molecule has 0 amide bonds. The maximum absolute atomic E-state index is 4.45. The number of hydrogen-bond donors (Lipinski definition) is 1. The van der Waals surface area contributed by atoms with E-state index in [-0.39, 0.29) is 0 Å². The second-order valence-electron chi connectivity index (χ2n) is 6.68. The lowest BCUT2D eigenvalue weighted by Gasteiger charge is -2.32. The minimum absolute atomic E-state index is 0.719. The predicted octanol–water partition coefficient (Wildman–Crippen LogP) is 2.87. The van der Waals surface area contributed by atoms with Crippen LogP contribution in [0.15, 0.2) is 24.4 Å². The molecule has 3 heteroatoms. The van der Waals surface area contributed by atoms with Gasteiger partial charge in [0, 0.05) is 37.4 Å². The summed E-state index contributed by atoms with van der Waals surface area (Å²) >= 11 is 0. The Balaban J connectivity index is 1.52. The molecule has 1 aromatic rings. The summed E-state index contributed by atoms with van der Waals surface area (Å²) < 4.78 is 0. The Hall–Kier alpha value is -0.930. The molecule has 116 valence electrons. The lowest BCUT2D eigenvalue weighted by Crippen LogP contribution is -2.44. The number of nitrogens with zero attached hydrogens (tertiary/aromatic N) is 2. The van der Waals surface area contributed by atoms with Crippen LogP contribution in [0, 0.1) is 5.92 Å². The fourth-order valence-corrected chi connectivity index (χ4v) is 3.90. The van der Waals surface area contributed by atoms with Crippen molar-refractivity contribution in [1.29, 1.82) is 0 Å². The van der Waals surface area contributed by atoms with Gasteiger partial charge in [0.05, 0.1) is 0 Å². The maximum atomic E-state index is 4.45. The summed E-state index contributed by atoms with van der Waals surface area (Å²) in [7, 11) is 0. The summed E-state index contributed by atoms with van der Waals surface area (Å²) in [5.74, 6) is 0.911. The SMILES string of the molecule is c1ccc(CCN2CCCNC(C3CCCCC3)C2)nc1. The van der Waals surface area contributed by atoms with Gasteiger partial charge >= 0.3 is 0 Å². The quantitative estimate of drug-likeness (QED) is 0.923. The van der Waals surface area contributed by atoms with Crippen LogP contribution in [0.4, 0.5) is 0 Å². The van der Waals surface area contributed by atoms with E-state index in [4.69, 9.17) is 0 Å². The summed E-state index contributed by atoms with van der Waals surface area (Å²) in [6.07, 6.45) is 11.5. The van der Waals surface area contributed by atoms with Crippen molar-refractivity contribution < 1.29 is 0 Å². The molecule has 21 heavy (non-hydrogen) atoms. The van der Waals surface area contributed by atoms with Gasteiger partial charge in [0.2, 0.25) is 0 Å². The van der Waals surface area contributed by atoms with Gasteiger partial charge < -0.3 is 10.2 Å². The van der Waals surface area contributed by atoms with Crippen LogP contribution < -0.4 is 5.32 Å². The van der Waals surface area contributed by atoms with Crippen LogP contribution in [0.3, 0.4) is 0 Å². The first-order chi connectivity index (χ1) is 10.4. The summed E-state index contributed by atoms with van der Waals surface area (Å²) in [5, 5.41) is 3.82. The van der Waals surface area contributed by atoms with Crippen molar-refractivity contribution in [3.63, 3.8) is 0 Å². The number of aromatic nitrogens is 1. The second-order valence-corrected chi connectivity index (χ2v) is 6.68. The molecule has 1 N–H and O–H groups in total. The van der Waals surface area contributed by atoms with Crippen LogP contribution in [0.25, 0.3) is 0 Å². The molecule has 1 saturated heterocycles. The Labute approximate surface area is 129 Å². The molecule has 0 bridgehead atoms. The molecule has 0 aromatic carbocycles. The second kappa shape index (κ2) is 7.90. The highest BCUT2D eigenvalue weighted by atomic mass is 15.2.